The SMILES string of the molecule is CC(C)Oc1cc(N)c(C=N)cc1Nc1ncnc2c1CNN2. The molecule has 1 aromatic carbocycles. The zero-order valence-corrected chi connectivity index (χ0v) is 13.0. The second kappa shape index (κ2) is 6.09. The number of aromatic nitrogens is 2. The lowest BCUT2D eigenvalue weighted by molar-refractivity contribution is 0.244. The molecule has 2 heterocycles. The predicted octanol–water partition coefficient (Wildman–Crippen LogP) is 2.02. The molecule has 0 spiro atoms. The fourth-order valence-corrected chi connectivity index (χ4v) is 2.33. The quantitative estimate of drug-likeness (QED) is 0.423. The van der Waals surface area contributed by atoms with Gasteiger partial charge < -0.3 is 26.6 Å². The molecule has 1 aliphatic heterocycles. The van der Waals surface area contributed by atoms with Crippen molar-refractivity contribution in [3.05, 3.63) is 29.6 Å². The van der Waals surface area contributed by atoms with Crippen LogP contribution < -0.4 is 26.6 Å². The summed E-state index contributed by atoms with van der Waals surface area (Å²) in [7, 11) is 0. The second-order valence-corrected chi connectivity index (χ2v) is 5.44. The summed E-state index contributed by atoms with van der Waals surface area (Å²) < 4.78 is 5.82. The van der Waals surface area contributed by atoms with Gasteiger partial charge in [0.05, 0.1) is 17.4 Å². The lowest BCUT2D eigenvalue weighted by Gasteiger charge is -2.18. The van der Waals surface area contributed by atoms with Crippen molar-refractivity contribution in [2.24, 2.45) is 0 Å². The van der Waals surface area contributed by atoms with E-state index in [0.29, 0.717) is 35.1 Å². The van der Waals surface area contributed by atoms with Crippen molar-refractivity contribution in [2.75, 3.05) is 16.5 Å². The largest absolute Gasteiger partial charge is 0.489 e. The van der Waals surface area contributed by atoms with E-state index in [1.807, 2.05) is 13.8 Å². The van der Waals surface area contributed by atoms with Gasteiger partial charge in [-0.3, -0.25) is 0 Å². The Morgan fingerprint density at radius 2 is 2.22 bits per heavy atom. The molecule has 3 rings (SSSR count). The third-order valence-corrected chi connectivity index (χ3v) is 3.37. The summed E-state index contributed by atoms with van der Waals surface area (Å²) in [5.74, 6) is 2.05. The summed E-state index contributed by atoms with van der Waals surface area (Å²) in [6.45, 7) is 4.51. The highest BCUT2D eigenvalue weighted by molar-refractivity contribution is 5.89. The molecule has 2 aromatic rings. The molecule has 0 fully saturated rings. The predicted molar refractivity (Wildman–Crippen MR) is 90.3 cm³/mol. The first-order valence-corrected chi connectivity index (χ1v) is 7.29. The molecule has 8 nitrogen and oxygen atoms in total. The fourth-order valence-electron chi connectivity index (χ4n) is 2.33. The maximum Gasteiger partial charge on any atom is 0.150 e. The number of hydrogen-bond acceptors (Lipinski definition) is 8. The average molecular weight is 313 g/mol. The van der Waals surface area contributed by atoms with Crippen LogP contribution in [0.5, 0.6) is 5.75 Å². The maximum atomic E-state index is 7.48. The standard InChI is InChI=1S/C15H19N7O/c1-8(2)23-13-4-11(17)9(5-16)3-12(13)21-14-10-6-20-22-15(10)19-7-18-14/h3-5,7-8,16,20H,6,17H2,1-2H3,(H2,18,19,21,22). The molecule has 0 bridgehead atoms. The van der Waals surface area contributed by atoms with E-state index in [-0.39, 0.29) is 6.10 Å². The first kappa shape index (κ1) is 15.0. The van der Waals surface area contributed by atoms with Crippen molar-refractivity contribution in [1.82, 2.24) is 15.4 Å². The molecule has 0 saturated carbocycles. The summed E-state index contributed by atoms with van der Waals surface area (Å²) in [6.07, 6.45) is 2.70. The highest BCUT2D eigenvalue weighted by Gasteiger charge is 2.18. The minimum Gasteiger partial charge on any atom is -0.489 e. The molecule has 1 aliphatic rings. The van der Waals surface area contributed by atoms with Gasteiger partial charge in [0.15, 0.2) is 0 Å². The number of fused-ring (bicyclic) bond motifs is 1. The molecule has 0 unspecified atom stereocenters. The van der Waals surface area contributed by atoms with E-state index in [2.05, 4.69) is 26.1 Å². The number of nitrogens with one attached hydrogen (secondary N) is 4. The number of nitrogens with two attached hydrogens (primary N) is 1. The zero-order chi connectivity index (χ0) is 16.4. The number of benzene rings is 1. The Kier molecular flexibility index (Phi) is 3.98. The van der Waals surface area contributed by atoms with Crippen LogP contribution in [0.25, 0.3) is 0 Å². The van der Waals surface area contributed by atoms with E-state index in [1.54, 1.807) is 12.1 Å². The van der Waals surface area contributed by atoms with E-state index < -0.39 is 0 Å². The Balaban J connectivity index is 2.01. The van der Waals surface area contributed by atoms with Gasteiger partial charge in [-0.05, 0) is 19.9 Å². The lowest BCUT2D eigenvalue weighted by atomic mass is 10.1. The van der Waals surface area contributed by atoms with Gasteiger partial charge >= 0.3 is 0 Å². The Hall–Kier alpha value is -2.87. The topological polar surface area (TPSA) is 121 Å². The van der Waals surface area contributed by atoms with Crippen LogP contribution in [0.4, 0.5) is 23.0 Å². The van der Waals surface area contributed by atoms with Crippen LogP contribution in [0.3, 0.4) is 0 Å². The molecular weight excluding hydrogens is 294 g/mol. The van der Waals surface area contributed by atoms with E-state index >= 15 is 0 Å². The number of nitrogens with zero attached hydrogens (tertiary/aromatic N) is 2. The number of ether oxygens (including phenoxy) is 1. The highest BCUT2D eigenvalue weighted by atomic mass is 16.5. The summed E-state index contributed by atoms with van der Waals surface area (Å²) >= 11 is 0. The second-order valence-electron chi connectivity index (χ2n) is 5.44. The highest BCUT2D eigenvalue weighted by Crippen LogP contribution is 2.34. The minimum atomic E-state index is 0.000212. The van der Waals surface area contributed by atoms with Crippen LogP contribution in [-0.4, -0.2) is 22.3 Å². The van der Waals surface area contributed by atoms with Crippen LogP contribution in [0, 0.1) is 5.41 Å². The molecular formula is C15H19N7O. The van der Waals surface area contributed by atoms with Crippen LogP contribution in [-0.2, 0) is 6.54 Å². The van der Waals surface area contributed by atoms with Gasteiger partial charge in [-0.2, -0.15) is 0 Å². The van der Waals surface area contributed by atoms with Gasteiger partial charge in [-0.1, -0.05) is 0 Å². The third-order valence-electron chi connectivity index (χ3n) is 3.37. The maximum absolute atomic E-state index is 7.48. The van der Waals surface area contributed by atoms with Crippen molar-refractivity contribution in [1.29, 1.82) is 5.41 Å². The van der Waals surface area contributed by atoms with Crippen molar-refractivity contribution < 1.29 is 4.74 Å². The molecule has 120 valence electrons. The van der Waals surface area contributed by atoms with Gasteiger partial charge in [-0.15, -0.1) is 0 Å². The summed E-state index contributed by atoms with van der Waals surface area (Å²) in [4.78, 5) is 8.47. The molecule has 0 aliphatic carbocycles. The third kappa shape index (κ3) is 3.02. The van der Waals surface area contributed by atoms with Gasteiger partial charge in [-0.25, -0.2) is 15.4 Å². The molecule has 0 radical (unpaired) electrons. The van der Waals surface area contributed by atoms with Crippen molar-refractivity contribution in [2.45, 2.75) is 26.5 Å². The van der Waals surface area contributed by atoms with Crippen LogP contribution in [0.15, 0.2) is 18.5 Å². The Morgan fingerprint density at radius 1 is 1.39 bits per heavy atom. The van der Waals surface area contributed by atoms with Crippen molar-refractivity contribution in [3.63, 3.8) is 0 Å². The Morgan fingerprint density at radius 3 is 2.96 bits per heavy atom. The van der Waals surface area contributed by atoms with E-state index in [1.165, 1.54) is 12.5 Å². The van der Waals surface area contributed by atoms with Gasteiger partial charge in [0.25, 0.3) is 0 Å². The van der Waals surface area contributed by atoms with Crippen LogP contribution in [0.1, 0.15) is 25.0 Å². The number of hydrogen-bond donors (Lipinski definition) is 5. The molecule has 0 saturated heterocycles. The van der Waals surface area contributed by atoms with Gasteiger partial charge in [0.1, 0.15) is 23.7 Å². The molecule has 8 heteroatoms. The molecule has 0 atom stereocenters. The van der Waals surface area contributed by atoms with E-state index in [0.717, 1.165) is 11.4 Å². The van der Waals surface area contributed by atoms with E-state index in [9.17, 15) is 0 Å². The Labute approximate surface area is 134 Å². The number of anilines is 4. The van der Waals surface area contributed by atoms with Crippen molar-refractivity contribution >= 4 is 29.2 Å². The molecule has 0 amide bonds. The fraction of sp³-hybridized carbons (Fsp3) is 0.267. The average Bonchev–Trinajstić information content (AvgIpc) is 2.98. The normalized spacial score (nSPS) is 12.7. The first-order chi connectivity index (χ1) is 11.1. The molecule has 23 heavy (non-hydrogen) atoms. The van der Waals surface area contributed by atoms with Gasteiger partial charge in [0, 0.05) is 30.1 Å². The number of nitrogen functional groups attached to an aromatic ring is 1. The van der Waals surface area contributed by atoms with Crippen LogP contribution in [0.2, 0.25) is 0 Å². The summed E-state index contributed by atoms with van der Waals surface area (Å²) in [6, 6.07) is 3.50. The zero-order valence-electron chi connectivity index (χ0n) is 13.0. The lowest BCUT2D eigenvalue weighted by Crippen LogP contribution is -2.11. The number of rotatable bonds is 5. The van der Waals surface area contributed by atoms with E-state index in [4.69, 9.17) is 15.9 Å². The smallest absolute Gasteiger partial charge is 0.150 e. The number of hydrazine groups is 1. The summed E-state index contributed by atoms with van der Waals surface area (Å²) in [5, 5.41) is 10.7. The molecule has 6 N–H and O–H groups in total. The Bertz CT molecular complexity index is 745. The minimum absolute atomic E-state index is 0.000212. The monoisotopic (exact) mass is 313 g/mol. The van der Waals surface area contributed by atoms with Crippen molar-refractivity contribution in [3.8, 4) is 5.75 Å². The van der Waals surface area contributed by atoms with Gasteiger partial charge in [0.2, 0.25) is 0 Å². The van der Waals surface area contributed by atoms with Crippen LogP contribution >= 0.6 is 0 Å². The summed E-state index contributed by atoms with van der Waals surface area (Å²) in [5.41, 5.74) is 14.7. The first-order valence-electron chi connectivity index (χ1n) is 7.29. The molecule has 1 aromatic heterocycles.